The van der Waals surface area contributed by atoms with Gasteiger partial charge in [-0.25, -0.2) is 8.42 Å². The van der Waals surface area contributed by atoms with Gasteiger partial charge in [-0.2, -0.15) is 0 Å². The fourth-order valence-corrected chi connectivity index (χ4v) is 2.38. The number of nitrogens with one attached hydrogen (secondary N) is 1. The zero-order valence-corrected chi connectivity index (χ0v) is 12.4. The molecular weight excluding hydrogens is 262 g/mol. The zero-order valence-electron chi connectivity index (χ0n) is 11.6. The third-order valence-electron chi connectivity index (χ3n) is 2.71. The van der Waals surface area contributed by atoms with E-state index in [9.17, 15) is 8.42 Å². The molecule has 0 saturated carbocycles. The van der Waals surface area contributed by atoms with E-state index in [0.717, 1.165) is 18.7 Å². The van der Waals surface area contributed by atoms with E-state index in [4.69, 9.17) is 4.74 Å². The van der Waals surface area contributed by atoms with Crippen molar-refractivity contribution in [3.8, 4) is 5.75 Å². The molecule has 1 rings (SSSR count). The Labute approximate surface area is 116 Å². The topological polar surface area (TPSA) is 55.4 Å². The van der Waals surface area contributed by atoms with Gasteiger partial charge in [-0.1, -0.05) is 25.1 Å². The quantitative estimate of drug-likeness (QED) is 0.752. The molecule has 0 radical (unpaired) electrons. The van der Waals surface area contributed by atoms with Crippen LogP contribution in [0, 0.1) is 0 Å². The Morgan fingerprint density at radius 1 is 1.26 bits per heavy atom. The van der Waals surface area contributed by atoms with E-state index < -0.39 is 9.84 Å². The Morgan fingerprint density at radius 2 is 1.95 bits per heavy atom. The molecule has 0 aliphatic rings. The zero-order chi connectivity index (χ0) is 14.1. The number of benzene rings is 1. The molecule has 0 aliphatic carbocycles. The Kier molecular flexibility index (Phi) is 6.87. The maximum atomic E-state index is 11.2. The Bertz CT molecular complexity index is 445. The van der Waals surface area contributed by atoms with E-state index >= 15 is 0 Å². The minimum atomic E-state index is -2.92. The third-order valence-corrected chi connectivity index (χ3v) is 3.69. The molecule has 0 amide bonds. The van der Waals surface area contributed by atoms with Gasteiger partial charge >= 0.3 is 0 Å². The number of ether oxygens (including phenoxy) is 1. The highest BCUT2D eigenvalue weighted by Crippen LogP contribution is 2.09. The van der Waals surface area contributed by atoms with Crippen LogP contribution >= 0.6 is 0 Å². The van der Waals surface area contributed by atoms with Crippen molar-refractivity contribution in [2.75, 3.05) is 25.2 Å². The highest BCUT2D eigenvalue weighted by Gasteiger charge is 2.12. The molecule has 1 aromatic carbocycles. The highest BCUT2D eigenvalue weighted by molar-refractivity contribution is 7.90. The summed E-state index contributed by atoms with van der Waals surface area (Å²) in [6.45, 7) is 3.44. The van der Waals surface area contributed by atoms with Crippen LogP contribution < -0.4 is 10.1 Å². The first kappa shape index (κ1) is 16.0. The summed E-state index contributed by atoms with van der Waals surface area (Å²) in [6, 6.07) is 9.63. The van der Waals surface area contributed by atoms with Crippen molar-refractivity contribution in [3.05, 3.63) is 30.3 Å². The van der Waals surface area contributed by atoms with Crippen LogP contribution in [0.2, 0.25) is 0 Å². The van der Waals surface area contributed by atoms with Crippen molar-refractivity contribution in [1.82, 2.24) is 5.32 Å². The predicted octanol–water partition coefficient (Wildman–Crippen LogP) is 1.87. The molecule has 1 N–H and O–H groups in total. The largest absolute Gasteiger partial charge is 0.492 e. The van der Waals surface area contributed by atoms with Gasteiger partial charge in [0.25, 0.3) is 0 Å². The Morgan fingerprint density at radius 3 is 2.53 bits per heavy atom. The molecule has 1 unspecified atom stereocenters. The minimum Gasteiger partial charge on any atom is -0.492 e. The van der Waals surface area contributed by atoms with E-state index in [-0.39, 0.29) is 11.8 Å². The lowest BCUT2D eigenvalue weighted by atomic mass is 10.2. The summed E-state index contributed by atoms with van der Waals surface area (Å²) in [4.78, 5) is 0. The first-order chi connectivity index (χ1) is 9.01. The number of para-hydroxylation sites is 1. The second-order valence-electron chi connectivity index (χ2n) is 4.69. The second kappa shape index (κ2) is 8.17. The lowest BCUT2D eigenvalue weighted by molar-refractivity contribution is 0.261. The van der Waals surface area contributed by atoms with Crippen LogP contribution in [-0.4, -0.2) is 39.6 Å². The first-order valence-corrected chi connectivity index (χ1v) is 8.66. The molecule has 0 aromatic heterocycles. The lowest BCUT2D eigenvalue weighted by Gasteiger charge is -2.18. The summed E-state index contributed by atoms with van der Waals surface area (Å²) in [7, 11) is -2.92. The maximum Gasteiger partial charge on any atom is 0.147 e. The van der Waals surface area contributed by atoms with Crippen molar-refractivity contribution < 1.29 is 13.2 Å². The van der Waals surface area contributed by atoms with Crippen LogP contribution in [0.3, 0.4) is 0 Å². The molecule has 0 fully saturated rings. The number of hydrogen-bond donors (Lipinski definition) is 1. The van der Waals surface area contributed by atoms with Gasteiger partial charge in [0.2, 0.25) is 0 Å². The van der Waals surface area contributed by atoms with Crippen molar-refractivity contribution in [2.24, 2.45) is 0 Å². The number of hydrogen-bond acceptors (Lipinski definition) is 4. The third kappa shape index (κ3) is 7.85. The smallest absolute Gasteiger partial charge is 0.147 e. The van der Waals surface area contributed by atoms with E-state index in [1.807, 2.05) is 30.3 Å². The van der Waals surface area contributed by atoms with E-state index in [1.54, 1.807) is 0 Å². The molecular formula is C14H23NO3S. The van der Waals surface area contributed by atoms with Crippen LogP contribution in [0.5, 0.6) is 5.75 Å². The molecule has 1 atom stereocenters. The maximum absolute atomic E-state index is 11.2. The van der Waals surface area contributed by atoms with E-state index in [2.05, 4.69) is 12.2 Å². The van der Waals surface area contributed by atoms with E-state index in [0.29, 0.717) is 13.0 Å². The van der Waals surface area contributed by atoms with Gasteiger partial charge in [-0.05, 0) is 31.5 Å². The summed E-state index contributed by atoms with van der Waals surface area (Å²) in [5.41, 5.74) is 0. The van der Waals surface area contributed by atoms with Crippen molar-refractivity contribution >= 4 is 9.84 Å². The molecule has 0 bridgehead atoms. The van der Waals surface area contributed by atoms with Crippen LogP contribution in [0.1, 0.15) is 19.8 Å². The minimum absolute atomic E-state index is 0.0647. The van der Waals surface area contributed by atoms with Gasteiger partial charge in [-0.15, -0.1) is 0 Å². The molecule has 19 heavy (non-hydrogen) atoms. The van der Waals surface area contributed by atoms with Crippen molar-refractivity contribution in [3.63, 3.8) is 0 Å². The van der Waals surface area contributed by atoms with Crippen molar-refractivity contribution in [2.45, 2.75) is 25.8 Å². The van der Waals surface area contributed by atoms with Gasteiger partial charge in [-0.3, -0.25) is 0 Å². The molecule has 0 saturated heterocycles. The summed E-state index contributed by atoms with van der Waals surface area (Å²) < 4.78 is 28.1. The summed E-state index contributed by atoms with van der Waals surface area (Å²) in [5, 5.41) is 3.32. The van der Waals surface area contributed by atoms with Crippen LogP contribution in [0.4, 0.5) is 0 Å². The van der Waals surface area contributed by atoms with Gasteiger partial charge in [0.15, 0.2) is 0 Å². The lowest BCUT2D eigenvalue weighted by Crippen LogP contribution is -2.36. The molecule has 108 valence electrons. The van der Waals surface area contributed by atoms with E-state index in [1.165, 1.54) is 6.26 Å². The van der Waals surface area contributed by atoms with Gasteiger partial charge < -0.3 is 10.1 Å². The van der Waals surface area contributed by atoms with Crippen LogP contribution in [-0.2, 0) is 9.84 Å². The van der Waals surface area contributed by atoms with Crippen LogP contribution in [0.15, 0.2) is 30.3 Å². The number of rotatable bonds is 9. The van der Waals surface area contributed by atoms with Gasteiger partial charge in [0, 0.05) is 12.3 Å². The fraction of sp³-hybridized carbons (Fsp3) is 0.571. The molecule has 4 nitrogen and oxygen atoms in total. The molecule has 1 aromatic rings. The number of sulfone groups is 1. The van der Waals surface area contributed by atoms with Gasteiger partial charge in [0.1, 0.15) is 22.2 Å². The normalized spacial score (nSPS) is 13.2. The Balaban J connectivity index is 2.44. The molecule has 0 aliphatic heterocycles. The predicted molar refractivity (Wildman–Crippen MR) is 78.3 cm³/mol. The average molecular weight is 285 g/mol. The highest BCUT2D eigenvalue weighted by atomic mass is 32.2. The second-order valence-corrected chi connectivity index (χ2v) is 6.95. The average Bonchev–Trinajstić information content (AvgIpc) is 2.38. The SMILES string of the molecule is CCCNC(CCS(C)(=O)=O)COc1ccccc1. The van der Waals surface area contributed by atoms with Crippen LogP contribution in [0.25, 0.3) is 0 Å². The Hall–Kier alpha value is -1.07. The summed E-state index contributed by atoms with van der Waals surface area (Å²) in [5.74, 6) is 0.997. The monoisotopic (exact) mass is 285 g/mol. The fourth-order valence-electron chi connectivity index (χ4n) is 1.66. The van der Waals surface area contributed by atoms with Gasteiger partial charge in [0.05, 0.1) is 5.75 Å². The van der Waals surface area contributed by atoms with Crippen molar-refractivity contribution in [1.29, 1.82) is 0 Å². The summed E-state index contributed by atoms with van der Waals surface area (Å²) >= 11 is 0. The molecule has 0 heterocycles. The standard InChI is InChI=1S/C14H23NO3S/c1-3-10-15-13(9-11-19(2,16)17)12-18-14-7-5-4-6-8-14/h4-8,13,15H,3,9-12H2,1-2H3. The summed E-state index contributed by atoms with van der Waals surface area (Å²) in [6.07, 6.45) is 2.86. The molecule has 0 spiro atoms. The first-order valence-electron chi connectivity index (χ1n) is 6.60. The molecule has 5 heteroatoms.